The Bertz CT molecular complexity index is 244. The summed E-state index contributed by atoms with van der Waals surface area (Å²) in [5.74, 6) is 0. The number of hydrogen-bond donors (Lipinski definition) is 0. The topological polar surface area (TPSA) is 12.4 Å². The van der Waals surface area contributed by atoms with Crippen LogP contribution in [-0.2, 0) is 0 Å². The Balaban J connectivity index is 4.65. The van der Waals surface area contributed by atoms with Crippen LogP contribution in [0.25, 0.3) is 0 Å². The van der Waals surface area contributed by atoms with E-state index in [1.54, 1.807) is 0 Å². The fourth-order valence-electron chi connectivity index (χ4n) is 0.835. The van der Waals surface area contributed by atoms with Crippen molar-refractivity contribution in [3.8, 4) is 0 Å². The van der Waals surface area contributed by atoms with Crippen LogP contribution in [0.3, 0.4) is 0 Å². The first kappa shape index (κ1) is 11.9. The zero-order valence-corrected chi connectivity index (χ0v) is 8.93. The molecule has 0 aliphatic heterocycles. The highest BCUT2D eigenvalue weighted by Gasteiger charge is 1.96. The van der Waals surface area contributed by atoms with Gasteiger partial charge in [0.05, 0.1) is 5.70 Å². The van der Waals surface area contributed by atoms with Gasteiger partial charge in [-0.3, -0.25) is 4.99 Å². The monoisotopic (exact) mass is 177 g/mol. The normalized spacial score (nSPS) is 12.1. The second-order valence-electron chi connectivity index (χ2n) is 3.05. The van der Waals surface area contributed by atoms with Gasteiger partial charge in [-0.1, -0.05) is 32.6 Å². The van der Waals surface area contributed by atoms with E-state index in [0.29, 0.717) is 0 Å². The van der Waals surface area contributed by atoms with Crippen LogP contribution in [0.1, 0.15) is 33.6 Å². The Labute approximate surface area is 81.6 Å². The second-order valence-corrected chi connectivity index (χ2v) is 3.05. The van der Waals surface area contributed by atoms with Crippen LogP contribution in [0.2, 0.25) is 0 Å². The van der Waals surface area contributed by atoms with E-state index in [4.69, 9.17) is 0 Å². The Morgan fingerprint density at radius 3 is 2.31 bits per heavy atom. The van der Waals surface area contributed by atoms with E-state index in [1.165, 1.54) is 0 Å². The molecule has 0 radical (unpaired) electrons. The summed E-state index contributed by atoms with van der Waals surface area (Å²) in [4.78, 5) is 4.33. The van der Waals surface area contributed by atoms with Crippen LogP contribution in [0, 0.1) is 0 Å². The van der Waals surface area contributed by atoms with Crippen LogP contribution in [-0.4, -0.2) is 6.21 Å². The molecule has 0 saturated heterocycles. The minimum Gasteiger partial charge on any atom is -0.261 e. The van der Waals surface area contributed by atoms with Crippen molar-refractivity contribution in [2.75, 3.05) is 0 Å². The van der Waals surface area contributed by atoms with Gasteiger partial charge in [-0.25, -0.2) is 0 Å². The van der Waals surface area contributed by atoms with Gasteiger partial charge in [0, 0.05) is 6.21 Å². The molecule has 0 aromatic rings. The zero-order chi connectivity index (χ0) is 10.3. The van der Waals surface area contributed by atoms with Crippen molar-refractivity contribution in [1.29, 1.82) is 0 Å². The van der Waals surface area contributed by atoms with Crippen LogP contribution in [0.15, 0.2) is 41.1 Å². The summed E-state index contributed by atoms with van der Waals surface area (Å²) in [5, 5.41) is 0. The van der Waals surface area contributed by atoms with Gasteiger partial charge in [0.2, 0.25) is 0 Å². The molecular weight excluding hydrogens is 158 g/mol. The molecule has 0 unspecified atom stereocenters. The van der Waals surface area contributed by atoms with Crippen molar-refractivity contribution in [2.24, 2.45) is 4.99 Å². The van der Waals surface area contributed by atoms with Gasteiger partial charge >= 0.3 is 0 Å². The van der Waals surface area contributed by atoms with Crippen molar-refractivity contribution in [1.82, 2.24) is 0 Å². The summed E-state index contributed by atoms with van der Waals surface area (Å²) in [6, 6.07) is 0. The van der Waals surface area contributed by atoms with Gasteiger partial charge < -0.3 is 0 Å². The number of aliphatic imine (C=N–C) groups is 1. The van der Waals surface area contributed by atoms with Crippen molar-refractivity contribution in [3.63, 3.8) is 0 Å². The Morgan fingerprint density at radius 1 is 1.31 bits per heavy atom. The van der Waals surface area contributed by atoms with Crippen molar-refractivity contribution in [3.05, 3.63) is 36.1 Å². The molecule has 0 heterocycles. The molecule has 13 heavy (non-hydrogen) atoms. The fourth-order valence-corrected chi connectivity index (χ4v) is 0.835. The van der Waals surface area contributed by atoms with E-state index in [2.05, 4.69) is 32.0 Å². The lowest BCUT2D eigenvalue weighted by Gasteiger charge is -2.02. The third-order valence-electron chi connectivity index (χ3n) is 1.59. The number of allylic oxidation sites excluding steroid dienone is 3. The second kappa shape index (κ2) is 6.41. The maximum Gasteiger partial charge on any atom is 0.0654 e. The third-order valence-corrected chi connectivity index (χ3v) is 1.59. The molecule has 0 bridgehead atoms. The van der Waals surface area contributed by atoms with Gasteiger partial charge in [0.1, 0.15) is 0 Å². The van der Waals surface area contributed by atoms with Gasteiger partial charge in [0.25, 0.3) is 0 Å². The predicted molar refractivity (Wildman–Crippen MR) is 61.1 cm³/mol. The third kappa shape index (κ3) is 5.18. The van der Waals surface area contributed by atoms with Gasteiger partial charge in [0.15, 0.2) is 0 Å². The molecule has 0 fully saturated rings. The molecule has 1 nitrogen and oxygen atoms in total. The smallest absolute Gasteiger partial charge is 0.0654 e. The van der Waals surface area contributed by atoms with Gasteiger partial charge in [-0.05, 0) is 31.4 Å². The molecule has 0 atom stereocenters. The van der Waals surface area contributed by atoms with E-state index in [9.17, 15) is 0 Å². The minimum absolute atomic E-state index is 0.931. The summed E-state index contributed by atoms with van der Waals surface area (Å²) in [6.07, 6.45) is 5.75. The molecule has 0 aliphatic rings. The molecule has 0 saturated carbocycles. The van der Waals surface area contributed by atoms with Crippen LogP contribution in [0.4, 0.5) is 0 Å². The van der Waals surface area contributed by atoms with Crippen LogP contribution < -0.4 is 0 Å². The molecular formula is C12H19N. The highest BCUT2D eigenvalue weighted by Crippen LogP contribution is 2.14. The van der Waals surface area contributed by atoms with Crippen LogP contribution >= 0.6 is 0 Å². The average Bonchev–Trinajstić information content (AvgIpc) is 2.10. The summed E-state index contributed by atoms with van der Waals surface area (Å²) >= 11 is 0. The van der Waals surface area contributed by atoms with Crippen LogP contribution in [0.5, 0.6) is 0 Å². The number of hydrogen-bond acceptors (Lipinski definition) is 1. The predicted octanol–water partition coefficient (Wildman–Crippen LogP) is 3.89. The molecule has 0 aromatic carbocycles. The largest absolute Gasteiger partial charge is 0.261 e. The van der Waals surface area contributed by atoms with E-state index in [0.717, 1.165) is 29.7 Å². The average molecular weight is 177 g/mol. The highest BCUT2D eigenvalue weighted by molar-refractivity contribution is 5.60. The lowest BCUT2D eigenvalue weighted by molar-refractivity contribution is 1.09. The SMILES string of the molecule is C=C(C)/C=C(/N=CCC)C(=C)CC. The molecule has 0 N–H and O–H groups in total. The maximum atomic E-state index is 4.33. The Morgan fingerprint density at radius 2 is 1.92 bits per heavy atom. The molecule has 0 spiro atoms. The quantitative estimate of drug-likeness (QED) is 0.446. The summed E-state index contributed by atoms with van der Waals surface area (Å²) in [7, 11) is 0. The number of rotatable bonds is 5. The number of nitrogens with zero attached hydrogens (tertiary/aromatic N) is 1. The van der Waals surface area contributed by atoms with Gasteiger partial charge in [-0.2, -0.15) is 0 Å². The molecule has 0 rings (SSSR count). The summed E-state index contributed by atoms with van der Waals surface area (Å²) in [5.41, 5.74) is 3.03. The molecule has 0 aliphatic carbocycles. The fraction of sp³-hybridized carbons (Fsp3) is 0.417. The Hall–Kier alpha value is -1.11. The first-order valence-electron chi connectivity index (χ1n) is 4.69. The highest BCUT2D eigenvalue weighted by atomic mass is 14.7. The first-order valence-corrected chi connectivity index (χ1v) is 4.69. The van der Waals surface area contributed by atoms with E-state index < -0.39 is 0 Å². The molecule has 72 valence electrons. The Kier molecular flexibility index (Phi) is 5.86. The zero-order valence-electron chi connectivity index (χ0n) is 8.93. The molecule has 1 heteroatoms. The van der Waals surface area contributed by atoms with Crippen molar-refractivity contribution >= 4 is 6.21 Å². The van der Waals surface area contributed by atoms with E-state index in [1.807, 2.05) is 19.2 Å². The van der Waals surface area contributed by atoms with E-state index >= 15 is 0 Å². The van der Waals surface area contributed by atoms with E-state index in [-0.39, 0.29) is 0 Å². The molecule has 0 amide bonds. The van der Waals surface area contributed by atoms with Crippen molar-refractivity contribution in [2.45, 2.75) is 33.6 Å². The maximum absolute atomic E-state index is 4.33. The summed E-state index contributed by atoms with van der Waals surface area (Å²) < 4.78 is 0. The van der Waals surface area contributed by atoms with Gasteiger partial charge in [-0.15, -0.1) is 0 Å². The molecule has 0 aromatic heterocycles. The first-order chi connectivity index (χ1) is 6.11. The van der Waals surface area contributed by atoms with Crippen molar-refractivity contribution < 1.29 is 0 Å². The standard InChI is InChI=1S/C12H19N/c1-6-8-13-12(9-10(3)4)11(5)7-2/h8-9H,3,5-7H2,1-2,4H3/b12-9+,13-8?. The summed E-state index contributed by atoms with van der Waals surface area (Å²) in [6.45, 7) is 13.9. The minimum atomic E-state index is 0.931. The lowest BCUT2D eigenvalue weighted by atomic mass is 10.1. The lowest BCUT2D eigenvalue weighted by Crippen LogP contribution is -1.85.